The molecule has 0 spiro atoms. The van der Waals surface area contributed by atoms with Crippen molar-refractivity contribution in [3.05, 3.63) is 72.8 Å². The molecular weight excluding hydrogens is 206 g/mol. The number of nitrogens with one attached hydrogen (secondary N) is 1. The van der Waals surface area contributed by atoms with Crippen LogP contribution in [0.2, 0.25) is 0 Å². The van der Waals surface area contributed by atoms with Crippen LogP contribution in [-0.4, -0.2) is 4.98 Å². The van der Waals surface area contributed by atoms with Crippen LogP contribution in [0.4, 0.5) is 0 Å². The van der Waals surface area contributed by atoms with E-state index in [0.717, 1.165) is 11.4 Å². The van der Waals surface area contributed by atoms with Crippen molar-refractivity contribution >= 4 is 0 Å². The minimum atomic E-state index is 1.14. The van der Waals surface area contributed by atoms with Gasteiger partial charge in [0, 0.05) is 11.4 Å². The Kier molecular flexibility index (Phi) is 2.51. The highest BCUT2D eigenvalue weighted by molar-refractivity contribution is 5.67. The first kappa shape index (κ1) is 9.91. The Morgan fingerprint density at radius 1 is 0.647 bits per heavy atom. The molecule has 0 saturated heterocycles. The Bertz CT molecular complexity index is 540. The number of hydrogen-bond donors (Lipinski definition) is 1. The largest absolute Gasteiger partial charge is 0.355 e. The smallest absolute Gasteiger partial charge is 0.0458 e. The number of rotatable bonds is 2. The van der Waals surface area contributed by atoms with Gasteiger partial charge < -0.3 is 4.98 Å². The summed E-state index contributed by atoms with van der Waals surface area (Å²) in [5, 5.41) is 0. The Labute approximate surface area is 101 Å². The number of aromatic amines is 1. The molecule has 0 aliphatic rings. The van der Waals surface area contributed by atoms with Crippen LogP contribution < -0.4 is 0 Å². The van der Waals surface area contributed by atoms with Gasteiger partial charge in [0.05, 0.1) is 0 Å². The molecule has 0 saturated carbocycles. The summed E-state index contributed by atoms with van der Waals surface area (Å²) in [7, 11) is 0. The van der Waals surface area contributed by atoms with Crippen LogP contribution in [0, 0.1) is 6.07 Å². The quantitative estimate of drug-likeness (QED) is 0.665. The fourth-order valence-corrected chi connectivity index (χ4v) is 1.92. The van der Waals surface area contributed by atoms with Crippen LogP contribution in [0.15, 0.2) is 66.7 Å². The molecule has 0 bridgehead atoms. The van der Waals surface area contributed by atoms with Gasteiger partial charge in [-0.05, 0) is 29.3 Å². The molecule has 0 atom stereocenters. The Morgan fingerprint density at radius 2 is 1.24 bits per heavy atom. The van der Waals surface area contributed by atoms with Crippen molar-refractivity contribution in [1.29, 1.82) is 0 Å². The van der Waals surface area contributed by atoms with Gasteiger partial charge in [-0.25, -0.2) is 0 Å². The molecular formula is C16H12N. The highest BCUT2D eigenvalue weighted by Gasteiger charge is 2.02. The van der Waals surface area contributed by atoms with Crippen LogP contribution in [0.25, 0.3) is 22.5 Å². The molecule has 1 aromatic heterocycles. The number of aromatic nitrogens is 1. The van der Waals surface area contributed by atoms with E-state index in [1.165, 1.54) is 11.1 Å². The fraction of sp³-hybridized carbons (Fsp3) is 0. The first-order valence-corrected chi connectivity index (χ1v) is 5.64. The van der Waals surface area contributed by atoms with E-state index >= 15 is 0 Å². The van der Waals surface area contributed by atoms with Crippen molar-refractivity contribution in [1.82, 2.24) is 4.98 Å². The summed E-state index contributed by atoms with van der Waals surface area (Å²) >= 11 is 0. The minimum Gasteiger partial charge on any atom is -0.355 e. The zero-order valence-corrected chi connectivity index (χ0v) is 9.35. The van der Waals surface area contributed by atoms with Crippen molar-refractivity contribution in [2.75, 3.05) is 0 Å². The first-order chi connectivity index (χ1) is 8.43. The monoisotopic (exact) mass is 218 g/mol. The summed E-state index contributed by atoms with van der Waals surface area (Å²) in [5.41, 5.74) is 4.68. The van der Waals surface area contributed by atoms with Crippen LogP contribution in [0.5, 0.6) is 0 Å². The molecule has 2 aromatic carbocycles. The Hall–Kier alpha value is -2.28. The second-order valence-electron chi connectivity index (χ2n) is 3.94. The highest BCUT2D eigenvalue weighted by atomic mass is 14.7. The van der Waals surface area contributed by atoms with Crippen molar-refractivity contribution in [2.45, 2.75) is 0 Å². The normalized spacial score (nSPS) is 10.4. The van der Waals surface area contributed by atoms with Crippen molar-refractivity contribution in [3.8, 4) is 22.5 Å². The second-order valence-corrected chi connectivity index (χ2v) is 3.94. The average molecular weight is 218 g/mol. The molecule has 1 N–H and O–H groups in total. The maximum absolute atomic E-state index is 3.43. The maximum Gasteiger partial charge on any atom is 0.0458 e. The van der Waals surface area contributed by atoms with Crippen LogP contribution >= 0.6 is 0 Å². The third-order valence-electron chi connectivity index (χ3n) is 2.80. The summed E-state index contributed by atoms with van der Waals surface area (Å²) in [4.78, 5) is 3.43. The lowest BCUT2D eigenvalue weighted by Crippen LogP contribution is -1.78. The third-order valence-corrected chi connectivity index (χ3v) is 2.80. The maximum atomic E-state index is 3.43. The fourth-order valence-electron chi connectivity index (χ4n) is 1.92. The van der Waals surface area contributed by atoms with E-state index in [9.17, 15) is 0 Å². The summed E-state index contributed by atoms with van der Waals surface area (Å²) < 4.78 is 0. The SMILES string of the molecule is [c]1ccc(-c2ccc(-c3ccccc3)[nH]2)cc1. The van der Waals surface area contributed by atoms with Gasteiger partial charge in [0.2, 0.25) is 0 Å². The topological polar surface area (TPSA) is 15.8 Å². The van der Waals surface area contributed by atoms with Gasteiger partial charge in [-0.2, -0.15) is 0 Å². The molecule has 81 valence electrons. The highest BCUT2D eigenvalue weighted by Crippen LogP contribution is 2.23. The van der Waals surface area contributed by atoms with E-state index in [4.69, 9.17) is 0 Å². The number of hydrogen-bond acceptors (Lipinski definition) is 0. The van der Waals surface area contributed by atoms with E-state index in [-0.39, 0.29) is 0 Å². The third kappa shape index (κ3) is 2.00. The first-order valence-electron chi connectivity index (χ1n) is 5.64. The lowest BCUT2D eigenvalue weighted by molar-refractivity contribution is 1.39. The molecule has 0 fully saturated rings. The van der Waals surface area contributed by atoms with E-state index in [1.54, 1.807) is 0 Å². The van der Waals surface area contributed by atoms with Gasteiger partial charge in [-0.15, -0.1) is 0 Å². The summed E-state index contributed by atoms with van der Waals surface area (Å²) in [5.74, 6) is 0. The van der Waals surface area contributed by atoms with E-state index < -0.39 is 0 Å². The molecule has 1 heterocycles. The zero-order chi connectivity index (χ0) is 11.5. The average Bonchev–Trinajstić information content (AvgIpc) is 2.90. The van der Waals surface area contributed by atoms with Crippen LogP contribution in [-0.2, 0) is 0 Å². The molecule has 1 nitrogen and oxygen atoms in total. The lowest BCUT2D eigenvalue weighted by Gasteiger charge is -1.98. The molecule has 1 heteroatoms. The Morgan fingerprint density at radius 3 is 1.88 bits per heavy atom. The van der Waals surface area contributed by atoms with Crippen molar-refractivity contribution in [2.24, 2.45) is 0 Å². The molecule has 1 radical (unpaired) electrons. The van der Waals surface area contributed by atoms with E-state index in [2.05, 4.69) is 47.4 Å². The molecule has 0 aliphatic carbocycles. The number of H-pyrrole nitrogens is 1. The van der Waals surface area contributed by atoms with Crippen LogP contribution in [0.1, 0.15) is 0 Å². The number of benzene rings is 2. The predicted molar refractivity (Wildman–Crippen MR) is 70.5 cm³/mol. The molecule has 3 aromatic rings. The standard InChI is InChI=1S/C16H12N/c1-3-7-13(8-4-1)15-11-12-16(17-15)14-9-5-2-6-10-14/h1,3-12,17H. The van der Waals surface area contributed by atoms with Gasteiger partial charge in [0.15, 0.2) is 0 Å². The predicted octanol–water partition coefficient (Wildman–Crippen LogP) is 4.15. The Balaban J connectivity index is 1.99. The summed E-state index contributed by atoms with van der Waals surface area (Å²) in [6.07, 6.45) is 0. The van der Waals surface area contributed by atoms with Crippen LogP contribution in [0.3, 0.4) is 0 Å². The summed E-state index contributed by atoms with van der Waals surface area (Å²) in [6.45, 7) is 0. The van der Waals surface area contributed by atoms with Crippen molar-refractivity contribution < 1.29 is 0 Å². The molecule has 0 aliphatic heterocycles. The molecule has 0 unspecified atom stereocenters. The van der Waals surface area contributed by atoms with Gasteiger partial charge >= 0.3 is 0 Å². The molecule has 3 rings (SSSR count). The van der Waals surface area contributed by atoms with Gasteiger partial charge in [-0.3, -0.25) is 0 Å². The van der Waals surface area contributed by atoms with Gasteiger partial charge in [0.25, 0.3) is 0 Å². The van der Waals surface area contributed by atoms with Gasteiger partial charge in [-0.1, -0.05) is 54.6 Å². The zero-order valence-electron chi connectivity index (χ0n) is 9.35. The lowest BCUT2D eigenvalue weighted by atomic mass is 10.2. The van der Waals surface area contributed by atoms with E-state index in [0.29, 0.717) is 0 Å². The van der Waals surface area contributed by atoms with E-state index in [1.807, 2.05) is 30.3 Å². The van der Waals surface area contributed by atoms with Crippen molar-refractivity contribution in [3.63, 3.8) is 0 Å². The molecule has 17 heavy (non-hydrogen) atoms. The van der Waals surface area contributed by atoms with Gasteiger partial charge in [0.1, 0.15) is 0 Å². The molecule has 0 amide bonds. The minimum absolute atomic E-state index is 1.14. The second kappa shape index (κ2) is 4.30. The summed E-state index contributed by atoms with van der Waals surface area (Å²) in [6, 6.07) is 25.6.